The van der Waals surface area contributed by atoms with Crippen molar-refractivity contribution in [1.29, 1.82) is 0 Å². The van der Waals surface area contributed by atoms with Crippen molar-refractivity contribution < 1.29 is 0 Å². The van der Waals surface area contributed by atoms with E-state index in [1.54, 1.807) is 0 Å². The second-order valence-electron chi connectivity index (χ2n) is 5.12. The van der Waals surface area contributed by atoms with Crippen LogP contribution in [0, 0.1) is 0 Å². The van der Waals surface area contributed by atoms with Gasteiger partial charge in [-0.15, -0.1) is 0 Å². The Hall–Kier alpha value is -0.830. The summed E-state index contributed by atoms with van der Waals surface area (Å²) in [5.41, 5.74) is 8.79. The predicted octanol–water partition coefficient (Wildman–Crippen LogP) is 3.38. The van der Waals surface area contributed by atoms with Crippen LogP contribution in [0.25, 0.3) is 0 Å². The van der Waals surface area contributed by atoms with Gasteiger partial charge in [0, 0.05) is 24.2 Å². The molecule has 0 amide bonds. The fourth-order valence-corrected chi connectivity index (χ4v) is 2.81. The van der Waals surface area contributed by atoms with Crippen molar-refractivity contribution >= 4 is 11.6 Å². The van der Waals surface area contributed by atoms with E-state index < -0.39 is 0 Å². The maximum atomic E-state index is 6.31. The van der Waals surface area contributed by atoms with E-state index in [9.17, 15) is 0 Å². The molecule has 2 atom stereocenters. The van der Waals surface area contributed by atoms with Crippen LogP contribution in [0.5, 0.6) is 0 Å². The van der Waals surface area contributed by atoms with E-state index in [4.69, 9.17) is 17.3 Å². The zero-order chi connectivity index (χ0) is 13.1. The number of rotatable bonds is 3. The lowest BCUT2D eigenvalue weighted by Gasteiger charge is -2.36. The van der Waals surface area contributed by atoms with Gasteiger partial charge in [-0.25, -0.2) is 0 Å². The monoisotopic (exact) mass is 264 g/mol. The van der Waals surface area contributed by atoms with Crippen molar-refractivity contribution in [2.75, 3.05) is 13.1 Å². The summed E-state index contributed by atoms with van der Waals surface area (Å²) in [5.74, 6) is 0. The highest BCUT2D eigenvalue weighted by atomic mass is 35.5. The zero-order valence-electron chi connectivity index (χ0n) is 11.1. The van der Waals surface area contributed by atoms with Gasteiger partial charge in [0.25, 0.3) is 0 Å². The van der Waals surface area contributed by atoms with Gasteiger partial charge in [-0.3, -0.25) is 4.90 Å². The van der Waals surface area contributed by atoms with Crippen LogP contribution in [0.2, 0.25) is 5.02 Å². The van der Waals surface area contributed by atoms with Crippen LogP contribution >= 0.6 is 11.6 Å². The minimum atomic E-state index is 0.0664. The van der Waals surface area contributed by atoms with Gasteiger partial charge in [-0.1, -0.05) is 41.4 Å². The van der Waals surface area contributed by atoms with Gasteiger partial charge in [0.05, 0.1) is 6.04 Å². The largest absolute Gasteiger partial charge is 0.326 e. The molecule has 2 rings (SSSR count). The third kappa shape index (κ3) is 2.94. The van der Waals surface area contributed by atoms with Gasteiger partial charge >= 0.3 is 0 Å². The fourth-order valence-electron chi connectivity index (χ4n) is 2.57. The Morgan fingerprint density at radius 2 is 2.06 bits per heavy atom. The Morgan fingerprint density at radius 3 is 2.61 bits per heavy atom. The van der Waals surface area contributed by atoms with Gasteiger partial charge in [0.1, 0.15) is 0 Å². The van der Waals surface area contributed by atoms with Crippen molar-refractivity contribution in [3.63, 3.8) is 0 Å². The molecule has 0 saturated carbocycles. The SMILES string of the molecule is CC1=CCN(C(c2ccccc2Cl)C(C)N)CC1. The van der Waals surface area contributed by atoms with E-state index in [1.807, 2.05) is 18.2 Å². The Bertz CT molecular complexity index is 440. The summed E-state index contributed by atoms with van der Waals surface area (Å²) in [6.45, 7) is 6.26. The molecule has 1 aromatic rings. The topological polar surface area (TPSA) is 29.3 Å². The normalized spacial score (nSPS) is 20.3. The molecular formula is C15H21ClN2. The maximum absolute atomic E-state index is 6.31. The smallest absolute Gasteiger partial charge is 0.0514 e. The van der Waals surface area contributed by atoms with Crippen molar-refractivity contribution in [2.45, 2.75) is 32.4 Å². The number of nitrogens with zero attached hydrogens (tertiary/aromatic N) is 1. The molecule has 0 spiro atoms. The molecule has 1 heterocycles. The zero-order valence-corrected chi connectivity index (χ0v) is 11.8. The van der Waals surface area contributed by atoms with Gasteiger partial charge < -0.3 is 5.73 Å². The van der Waals surface area contributed by atoms with Gasteiger partial charge in [0.2, 0.25) is 0 Å². The van der Waals surface area contributed by atoms with E-state index >= 15 is 0 Å². The van der Waals surface area contributed by atoms with Crippen LogP contribution in [-0.4, -0.2) is 24.0 Å². The molecule has 0 aliphatic carbocycles. The Balaban J connectivity index is 2.27. The number of hydrogen-bond donors (Lipinski definition) is 1. The van der Waals surface area contributed by atoms with E-state index in [1.165, 1.54) is 5.57 Å². The molecular weight excluding hydrogens is 244 g/mol. The summed E-state index contributed by atoms with van der Waals surface area (Å²) in [6.07, 6.45) is 3.41. The first-order valence-corrected chi connectivity index (χ1v) is 6.87. The molecule has 0 bridgehead atoms. The quantitative estimate of drug-likeness (QED) is 0.848. The summed E-state index contributed by atoms with van der Waals surface area (Å²) < 4.78 is 0. The van der Waals surface area contributed by atoms with Crippen LogP contribution < -0.4 is 5.73 Å². The molecule has 3 heteroatoms. The van der Waals surface area contributed by atoms with Crippen LogP contribution in [0.1, 0.15) is 31.9 Å². The molecule has 0 fully saturated rings. The van der Waals surface area contributed by atoms with Gasteiger partial charge in [0.15, 0.2) is 0 Å². The van der Waals surface area contributed by atoms with Crippen LogP contribution in [-0.2, 0) is 0 Å². The highest BCUT2D eigenvalue weighted by Gasteiger charge is 2.26. The first-order chi connectivity index (χ1) is 8.59. The van der Waals surface area contributed by atoms with Gasteiger partial charge in [-0.2, -0.15) is 0 Å². The Labute approximate surface area is 114 Å². The molecule has 1 aromatic carbocycles. The Morgan fingerprint density at radius 1 is 1.33 bits per heavy atom. The first-order valence-electron chi connectivity index (χ1n) is 6.49. The molecule has 0 saturated heterocycles. The second-order valence-corrected chi connectivity index (χ2v) is 5.53. The Kier molecular flexibility index (Phi) is 4.44. The summed E-state index contributed by atoms with van der Waals surface area (Å²) in [7, 11) is 0. The third-order valence-corrected chi connectivity index (χ3v) is 3.93. The van der Waals surface area contributed by atoms with Crippen molar-refractivity contribution in [3.8, 4) is 0 Å². The molecule has 0 radical (unpaired) electrons. The van der Waals surface area contributed by atoms with E-state index in [-0.39, 0.29) is 12.1 Å². The molecule has 98 valence electrons. The molecule has 1 aliphatic heterocycles. The van der Waals surface area contributed by atoms with Crippen LogP contribution in [0.15, 0.2) is 35.9 Å². The third-order valence-electron chi connectivity index (χ3n) is 3.58. The van der Waals surface area contributed by atoms with Crippen molar-refractivity contribution in [3.05, 3.63) is 46.5 Å². The number of benzene rings is 1. The first kappa shape index (κ1) is 13.6. The molecule has 18 heavy (non-hydrogen) atoms. The average Bonchev–Trinajstić information content (AvgIpc) is 2.34. The second kappa shape index (κ2) is 5.87. The minimum Gasteiger partial charge on any atom is -0.326 e. The van der Waals surface area contributed by atoms with E-state index in [0.717, 1.165) is 30.1 Å². The lowest BCUT2D eigenvalue weighted by molar-refractivity contribution is 0.190. The lowest BCUT2D eigenvalue weighted by atomic mass is 9.97. The predicted molar refractivity (Wildman–Crippen MR) is 77.8 cm³/mol. The summed E-state index contributed by atoms with van der Waals surface area (Å²) in [6, 6.07) is 8.28. The molecule has 0 aromatic heterocycles. The van der Waals surface area contributed by atoms with Crippen LogP contribution in [0.3, 0.4) is 0 Å². The summed E-state index contributed by atoms with van der Waals surface area (Å²) in [5, 5.41) is 0.811. The average molecular weight is 265 g/mol. The summed E-state index contributed by atoms with van der Waals surface area (Å²) in [4.78, 5) is 2.42. The number of nitrogens with two attached hydrogens (primary N) is 1. The number of halogens is 1. The molecule has 2 nitrogen and oxygen atoms in total. The molecule has 2 N–H and O–H groups in total. The molecule has 2 unspecified atom stereocenters. The minimum absolute atomic E-state index is 0.0664. The standard InChI is InChI=1S/C15H21ClN2/c1-11-7-9-18(10-8-11)15(12(2)17)13-5-3-4-6-14(13)16/h3-7,12,15H,8-10,17H2,1-2H3. The van der Waals surface area contributed by atoms with E-state index in [2.05, 4.69) is 30.9 Å². The highest BCUT2D eigenvalue weighted by Crippen LogP contribution is 2.31. The van der Waals surface area contributed by atoms with Crippen LogP contribution in [0.4, 0.5) is 0 Å². The fraction of sp³-hybridized carbons (Fsp3) is 0.467. The lowest BCUT2D eigenvalue weighted by Crippen LogP contribution is -2.41. The molecule has 1 aliphatic rings. The number of hydrogen-bond acceptors (Lipinski definition) is 2. The highest BCUT2D eigenvalue weighted by molar-refractivity contribution is 6.31. The van der Waals surface area contributed by atoms with Crippen molar-refractivity contribution in [1.82, 2.24) is 4.90 Å². The van der Waals surface area contributed by atoms with Gasteiger partial charge in [-0.05, 0) is 31.9 Å². The maximum Gasteiger partial charge on any atom is 0.0514 e. The summed E-state index contributed by atoms with van der Waals surface area (Å²) >= 11 is 6.31. The van der Waals surface area contributed by atoms with Crippen molar-refractivity contribution in [2.24, 2.45) is 5.73 Å². The van der Waals surface area contributed by atoms with E-state index in [0.29, 0.717) is 0 Å².